The number of hydrogen-bond acceptors (Lipinski definition) is 4. The summed E-state index contributed by atoms with van der Waals surface area (Å²) in [6, 6.07) is 14.7. The van der Waals surface area contributed by atoms with Gasteiger partial charge in [0, 0.05) is 19.3 Å². The maximum atomic E-state index is 12.9. The molecule has 1 amide bonds. The molecule has 6 nitrogen and oxygen atoms in total. The summed E-state index contributed by atoms with van der Waals surface area (Å²) in [5.41, 5.74) is 2.35. The Labute approximate surface area is 157 Å². The number of rotatable bonds is 7. The minimum Gasteiger partial charge on any atom is -0.467 e. The highest BCUT2D eigenvalue weighted by Gasteiger charge is 2.20. The van der Waals surface area contributed by atoms with Crippen molar-refractivity contribution in [2.24, 2.45) is 0 Å². The molecule has 0 aliphatic heterocycles. The van der Waals surface area contributed by atoms with Crippen LogP contribution in [0.4, 0.5) is 0 Å². The number of methoxy groups -OCH3 is 1. The number of nitrogens with one attached hydrogen (secondary N) is 1. The summed E-state index contributed by atoms with van der Waals surface area (Å²) in [6.45, 7) is 2.98. The largest absolute Gasteiger partial charge is 0.467 e. The van der Waals surface area contributed by atoms with E-state index in [9.17, 15) is 9.59 Å². The van der Waals surface area contributed by atoms with E-state index in [-0.39, 0.29) is 18.0 Å². The lowest BCUT2D eigenvalue weighted by atomic mass is 10.1. The SMILES string of the molecule is COCCN(Cc1ccco1)C(=O)c1ccc(-c2cccc(C)c2)[nH]c1=O. The Morgan fingerprint density at radius 3 is 2.70 bits per heavy atom. The predicted octanol–water partition coefficient (Wildman–Crippen LogP) is 3.23. The molecule has 27 heavy (non-hydrogen) atoms. The number of benzene rings is 1. The van der Waals surface area contributed by atoms with Crippen LogP contribution >= 0.6 is 0 Å². The molecule has 1 N–H and O–H groups in total. The van der Waals surface area contributed by atoms with Crippen LogP contribution in [-0.2, 0) is 11.3 Å². The monoisotopic (exact) mass is 366 g/mol. The van der Waals surface area contributed by atoms with Gasteiger partial charge in [0.05, 0.1) is 19.4 Å². The van der Waals surface area contributed by atoms with E-state index in [4.69, 9.17) is 9.15 Å². The molecule has 0 fully saturated rings. The summed E-state index contributed by atoms with van der Waals surface area (Å²) in [7, 11) is 1.57. The first-order valence-electron chi connectivity index (χ1n) is 8.69. The van der Waals surface area contributed by atoms with Crippen molar-refractivity contribution in [1.29, 1.82) is 0 Å². The molecule has 140 valence electrons. The number of aromatic nitrogens is 1. The summed E-state index contributed by atoms with van der Waals surface area (Å²) in [4.78, 5) is 29.8. The molecule has 3 aromatic rings. The molecule has 6 heteroatoms. The molecule has 0 atom stereocenters. The van der Waals surface area contributed by atoms with Crippen LogP contribution < -0.4 is 5.56 Å². The number of aryl methyl sites for hydroxylation is 1. The zero-order valence-corrected chi connectivity index (χ0v) is 15.4. The fourth-order valence-electron chi connectivity index (χ4n) is 2.84. The van der Waals surface area contributed by atoms with Gasteiger partial charge in [0.25, 0.3) is 11.5 Å². The van der Waals surface area contributed by atoms with E-state index in [0.29, 0.717) is 24.6 Å². The van der Waals surface area contributed by atoms with E-state index < -0.39 is 5.56 Å². The molecule has 0 radical (unpaired) electrons. The normalized spacial score (nSPS) is 10.7. The van der Waals surface area contributed by atoms with Crippen molar-refractivity contribution in [3.05, 3.63) is 82.0 Å². The number of pyridine rings is 1. The Bertz CT molecular complexity index is 960. The summed E-state index contributed by atoms with van der Waals surface area (Å²) in [5.74, 6) is 0.285. The molecule has 0 aliphatic carbocycles. The number of ether oxygens (including phenoxy) is 1. The van der Waals surface area contributed by atoms with E-state index in [1.54, 1.807) is 42.5 Å². The number of nitrogens with zero attached hydrogens (tertiary/aromatic N) is 1. The Balaban J connectivity index is 1.86. The Morgan fingerprint density at radius 2 is 2.04 bits per heavy atom. The van der Waals surface area contributed by atoms with E-state index in [2.05, 4.69) is 4.98 Å². The first-order chi connectivity index (χ1) is 13.1. The lowest BCUT2D eigenvalue weighted by Crippen LogP contribution is -2.36. The molecule has 0 saturated heterocycles. The molecule has 1 aromatic carbocycles. The number of aromatic amines is 1. The smallest absolute Gasteiger partial charge is 0.261 e. The Hall–Kier alpha value is -3.12. The molecule has 2 aromatic heterocycles. The fraction of sp³-hybridized carbons (Fsp3) is 0.238. The molecule has 0 aliphatic rings. The fourth-order valence-corrected chi connectivity index (χ4v) is 2.84. The summed E-state index contributed by atoms with van der Waals surface area (Å²) in [5, 5.41) is 0. The van der Waals surface area contributed by atoms with Crippen molar-refractivity contribution >= 4 is 5.91 Å². The van der Waals surface area contributed by atoms with Gasteiger partial charge in [-0.25, -0.2) is 0 Å². The van der Waals surface area contributed by atoms with Crippen molar-refractivity contribution in [2.45, 2.75) is 13.5 Å². The van der Waals surface area contributed by atoms with Gasteiger partial charge in [-0.05, 0) is 42.8 Å². The van der Waals surface area contributed by atoms with Crippen LogP contribution in [0.5, 0.6) is 0 Å². The quantitative estimate of drug-likeness (QED) is 0.697. The number of carbonyl (C=O) groups is 1. The van der Waals surface area contributed by atoms with Crippen molar-refractivity contribution in [3.63, 3.8) is 0 Å². The topological polar surface area (TPSA) is 75.5 Å². The minimum absolute atomic E-state index is 0.0917. The van der Waals surface area contributed by atoms with Gasteiger partial charge in [0.15, 0.2) is 0 Å². The third-order valence-corrected chi connectivity index (χ3v) is 4.25. The van der Waals surface area contributed by atoms with E-state index in [1.165, 1.54) is 0 Å². The molecule has 2 heterocycles. The molecule has 0 saturated carbocycles. The van der Waals surface area contributed by atoms with Crippen LogP contribution in [0, 0.1) is 6.92 Å². The maximum absolute atomic E-state index is 12.9. The molecular formula is C21H22N2O4. The van der Waals surface area contributed by atoms with Crippen molar-refractivity contribution in [1.82, 2.24) is 9.88 Å². The second kappa shape index (κ2) is 8.51. The summed E-state index contributed by atoms with van der Waals surface area (Å²) < 4.78 is 10.4. The van der Waals surface area contributed by atoms with Gasteiger partial charge in [-0.3, -0.25) is 9.59 Å². The third-order valence-electron chi connectivity index (χ3n) is 4.25. The summed E-state index contributed by atoms with van der Waals surface area (Å²) in [6.07, 6.45) is 1.55. The van der Waals surface area contributed by atoms with Gasteiger partial charge in [-0.1, -0.05) is 23.8 Å². The maximum Gasteiger partial charge on any atom is 0.261 e. The molecule has 0 spiro atoms. The third kappa shape index (κ3) is 4.54. The highest BCUT2D eigenvalue weighted by Crippen LogP contribution is 2.17. The van der Waals surface area contributed by atoms with Gasteiger partial charge in [-0.15, -0.1) is 0 Å². The van der Waals surface area contributed by atoms with Crippen molar-refractivity contribution < 1.29 is 13.9 Å². The van der Waals surface area contributed by atoms with Gasteiger partial charge >= 0.3 is 0 Å². The second-order valence-corrected chi connectivity index (χ2v) is 6.28. The van der Waals surface area contributed by atoms with Crippen LogP contribution in [0.25, 0.3) is 11.3 Å². The first kappa shape index (κ1) is 18.7. The number of carbonyl (C=O) groups excluding carboxylic acids is 1. The average molecular weight is 366 g/mol. The van der Waals surface area contributed by atoms with Gasteiger partial charge in [-0.2, -0.15) is 0 Å². The van der Waals surface area contributed by atoms with Gasteiger partial charge in [0.2, 0.25) is 0 Å². The second-order valence-electron chi connectivity index (χ2n) is 6.28. The van der Waals surface area contributed by atoms with E-state index in [0.717, 1.165) is 11.1 Å². The van der Waals surface area contributed by atoms with Crippen LogP contribution in [0.1, 0.15) is 21.7 Å². The molecular weight excluding hydrogens is 344 g/mol. The lowest BCUT2D eigenvalue weighted by molar-refractivity contribution is 0.0665. The molecule has 0 bridgehead atoms. The number of hydrogen-bond donors (Lipinski definition) is 1. The van der Waals surface area contributed by atoms with Crippen molar-refractivity contribution in [3.8, 4) is 11.3 Å². The molecule has 3 rings (SSSR count). The van der Waals surface area contributed by atoms with Crippen molar-refractivity contribution in [2.75, 3.05) is 20.3 Å². The van der Waals surface area contributed by atoms with Crippen LogP contribution in [0.15, 0.2) is 64.0 Å². The summed E-state index contributed by atoms with van der Waals surface area (Å²) >= 11 is 0. The Morgan fingerprint density at radius 1 is 1.19 bits per heavy atom. The highest BCUT2D eigenvalue weighted by atomic mass is 16.5. The zero-order valence-electron chi connectivity index (χ0n) is 15.4. The predicted molar refractivity (Wildman–Crippen MR) is 103 cm³/mol. The highest BCUT2D eigenvalue weighted by molar-refractivity contribution is 5.94. The lowest BCUT2D eigenvalue weighted by Gasteiger charge is -2.21. The van der Waals surface area contributed by atoms with E-state index >= 15 is 0 Å². The van der Waals surface area contributed by atoms with Gasteiger partial charge < -0.3 is 19.0 Å². The standard InChI is InChI=1S/C21H22N2O4/c1-15-5-3-6-16(13-15)19-9-8-18(20(24)22-19)21(25)23(10-12-26-2)14-17-7-4-11-27-17/h3-9,11,13H,10,12,14H2,1-2H3,(H,22,24). The zero-order chi connectivity index (χ0) is 19.2. The minimum atomic E-state index is -0.416. The van der Waals surface area contributed by atoms with Crippen LogP contribution in [-0.4, -0.2) is 36.1 Å². The first-order valence-corrected chi connectivity index (χ1v) is 8.69. The Kier molecular flexibility index (Phi) is 5.88. The molecule has 0 unspecified atom stereocenters. The number of H-pyrrole nitrogens is 1. The van der Waals surface area contributed by atoms with Crippen LogP contribution in [0.3, 0.4) is 0 Å². The average Bonchev–Trinajstić information content (AvgIpc) is 3.17. The van der Waals surface area contributed by atoms with Gasteiger partial charge in [0.1, 0.15) is 11.3 Å². The van der Waals surface area contributed by atoms with E-state index in [1.807, 2.05) is 31.2 Å². The van der Waals surface area contributed by atoms with Crippen LogP contribution in [0.2, 0.25) is 0 Å². The number of furan rings is 1. The number of amides is 1.